The van der Waals surface area contributed by atoms with Gasteiger partial charge in [-0.3, -0.25) is 0 Å². The van der Waals surface area contributed by atoms with Crippen LogP contribution in [0.4, 0.5) is 0 Å². The van der Waals surface area contributed by atoms with Crippen LogP contribution < -0.4 is 34.0 Å². The molecule has 2 unspecified atom stereocenters. The van der Waals surface area contributed by atoms with Gasteiger partial charge in [0.2, 0.25) is 0 Å². The van der Waals surface area contributed by atoms with Crippen molar-refractivity contribution in [2.75, 3.05) is 0 Å². The van der Waals surface area contributed by atoms with Crippen molar-refractivity contribution in [3.05, 3.63) is 70.8 Å². The normalized spacial score (nSPS) is 23.5. The van der Waals surface area contributed by atoms with E-state index in [4.69, 9.17) is 19.5 Å². The van der Waals surface area contributed by atoms with Crippen LogP contribution in [0.25, 0.3) is 0 Å². The summed E-state index contributed by atoms with van der Waals surface area (Å²) in [5.41, 5.74) is 5.16. The second-order valence-electron chi connectivity index (χ2n) is 8.39. The van der Waals surface area contributed by atoms with Crippen molar-refractivity contribution >= 4 is 11.8 Å². The molecule has 4 atom stereocenters. The van der Waals surface area contributed by atoms with E-state index in [1.165, 1.54) is 22.3 Å². The number of aryl methyl sites for hydroxylation is 2. The van der Waals surface area contributed by atoms with Gasteiger partial charge in [-0.2, -0.15) is 0 Å². The third kappa shape index (κ3) is 7.52. The Hall–Kier alpha value is -0.998. The Morgan fingerprint density at radius 1 is 0.719 bits per heavy atom. The van der Waals surface area contributed by atoms with Gasteiger partial charge < -0.3 is 43.4 Å². The summed E-state index contributed by atoms with van der Waals surface area (Å²) in [6.07, 6.45) is 2.49. The van der Waals surface area contributed by atoms with Crippen LogP contribution >= 0.6 is 0 Å². The van der Waals surface area contributed by atoms with Crippen LogP contribution in [0.5, 0.6) is 0 Å². The molecule has 2 aliphatic heterocycles. The molecule has 2 heterocycles. The van der Waals surface area contributed by atoms with Crippen LogP contribution in [0.2, 0.25) is 0 Å². The molecule has 0 fully saturated rings. The first-order valence-corrected chi connectivity index (χ1v) is 10.5. The van der Waals surface area contributed by atoms with Gasteiger partial charge in [-0.05, 0) is 51.7 Å². The molecule has 0 N–H and O–H groups in total. The number of nitrogens with zero attached hydrogens (tertiary/aromatic N) is 2. The van der Waals surface area contributed by atoms with Crippen LogP contribution in [0.15, 0.2) is 58.5 Å². The van der Waals surface area contributed by atoms with Crippen LogP contribution in [0, 0.1) is 13.8 Å². The fourth-order valence-electron chi connectivity index (χ4n) is 4.12. The molecule has 32 heavy (non-hydrogen) atoms. The van der Waals surface area contributed by atoms with E-state index >= 15 is 0 Å². The second kappa shape index (κ2) is 13.0. The summed E-state index contributed by atoms with van der Waals surface area (Å²) in [6.45, 7) is 8.43. The largest absolute Gasteiger partial charge is 2.00 e. The first-order valence-electron chi connectivity index (χ1n) is 10.5. The van der Waals surface area contributed by atoms with Crippen molar-refractivity contribution in [1.82, 2.24) is 0 Å². The molecule has 0 bridgehead atoms. The molecule has 4 nitrogen and oxygen atoms in total. The smallest absolute Gasteiger partial charge is 1.00 e. The van der Waals surface area contributed by atoms with E-state index in [0.717, 1.165) is 24.6 Å². The summed E-state index contributed by atoms with van der Waals surface area (Å²) < 4.78 is 12.1. The van der Waals surface area contributed by atoms with E-state index < -0.39 is 0 Å². The Morgan fingerprint density at radius 3 is 1.50 bits per heavy atom. The number of hydrogen-bond donors (Lipinski definition) is 0. The maximum absolute atomic E-state index is 6.03. The van der Waals surface area contributed by atoms with Crippen LogP contribution in [0.3, 0.4) is 0 Å². The van der Waals surface area contributed by atoms with Gasteiger partial charge in [-0.25, -0.2) is 9.98 Å². The molecule has 176 valence electrons. The van der Waals surface area contributed by atoms with E-state index in [2.05, 4.69) is 76.2 Å². The minimum atomic E-state index is 0. The minimum absolute atomic E-state index is 0. The summed E-state index contributed by atoms with van der Waals surface area (Å²) in [4.78, 5) is 9.67. The van der Waals surface area contributed by atoms with Crippen LogP contribution in [-0.2, 0) is 42.7 Å². The molecule has 0 aromatic heterocycles. The number of ether oxygens (including phenoxy) is 2. The fraction of sp³-hybridized carbons (Fsp3) is 0.440. The predicted octanol–water partition coefficient (Wildman–Crippen LogP) is -1.14. The summed E-state index contributed by atoms with van der Waals surface area (Å²) in [7, 11) is 0. The van der Waals surface area contributed by atoms with Crippen molar-refractivity contribution in [2.45, 2.75) is 71.2 Å². The van der Waals surface area contributed by atoms with Crippen molar-refractivity contribution in [3.8, 4) is 0 Å². The molecular weight excluding hydrogens is 627 g/mol. The third-order valence-corrected chi connectivity index (χ3v) is 5.70. The van der Waals surface area contributed by atoms with Crippen LogP contribution in [-0.4, -0.2) is 36.1 Å². The van der Waals surface area contributed by atoms with Gasteiger partial charge in [0, 0.05) is 0 Å². The number of aliphatic imine (C=N–C) groups is 2. The average molecular weight is 657 g/mol. The number of rotatable bonds is 6. The number of halogens is 2. The van der Waals surface area contributed by atoms with Crippen molar-refractivity contribution in [3.63, 3.8) is 0 Å². The van der Waals surface area contributed by atoms with Crippen molar-refractivity contribution in [2.24, 2.45) is 9.98 Å². The summed E-state index contributed by atoms with van der Waals surface area (Å²) >= 11 is 0. The molecule has 2 aromatic carbocycles. The molecule has 2 aromatic rings. The number of hydrogen-bond acceptors (Lipinski definition) is 4. The zero-order valence-corrected chi connectivity index (χ0v) is 23.6. The molecular formula is C25H30Br2N2O2Pd. The topological polar surface area (TPSA) is 43.2 Å². The molecule has 0 saturated heterocycles. The molecule has 0 radical (unpaired) electrons. The van der Waals surface area contributed by atoms with E-state index in [0.29, 0.717) is 6.42 Å². The maximum atomic E-state index is 6.03. The van der Waals surface area contributed by atoms with Gasteiger partial charge >= 0.3 is 20.4 Å². The predicted molar refractivity (Wildman–Crippen MR) is 118 cm³/mol. The Kier molecular flexibility index (Phi) is 11.8. The molecule has 0 spiro atoms. The standard InChI is InChI=1S/C25H30N2O2.2BrH.Pd/c1-16-7-5-9-20(11-16)13-22-18(3)28-24(26-22)15-25-27-23(19(4)29-25)14-21-10-6-8-17(2)12-21;;;/h5-12,18-19,22-23H,13-15H2,1-4H3;2*1H;/q;;;+2/p-2/t18?,19?,22-,23-;;;/m1.../s1. The third-order valence-electron chi connectivity index (χ3n) is 5.70. The number of benzene rings is 2. The Balaban J connectivity index is 0.00000171. The quantitative estimate of drug-likeness (QED) is 0.370. The summed E-state index contributed by atoms with van der Waals surface area (Å²) in [6, 6.07) is 17.5. The van der Waals surface area contributed by atoms with E-state index in [1.807, 2.05) is 0 Å². The van der Waals surface area contributed by atoms with Crippen molar-refractivity contribution < 1.29 is 63.9 Å². The fourth-order valence-corrected chi connectivity index (χ4v) is 4.12. The van der Waals surface area contributed by atoms with Gasteiger partial charge in [0.25, 0.3) is 0 Å². The molecule has 0 amide bonds. The molecule has 2 aliphatic rings. The molecule has 7 heteroatoms. The Labute approximate surface area is 226 Å². The van der Waals surface area contributed by atoms with Gasteiger partial charge in [-0.1, -0.05) is 59.7 Å². The van der Waals surface area contributed by atoms with Gasteiger partial charge in [-0.15, -0.1) is 0 Å². The van der Waals surface area contributed by atoms with Gasteiger partial charge in [0.1, 0.15) is 12.2 Å². The minimum Gasteiger partial charge on any atom is -1.00 e. The van der Waals surface area contributed by atoms with Gasteiger partial charge in [0.15, 0.2) is 11.8 Å². The molecule has 0 saturated carbocycles. The Morgan fingerprint density at radius 2 is 1.12 bits per heavy atom. The Bertz CT molecular complexity index is 876. The first kappa shape index (κ1) is 29.0. The van der Waals surface area contributed by atoms with E-state index in [9.17, 15) is 0 Å². The zero-order chi connectivity index (χ0) is 20.4. The second-order valence-corrected chi connectivity index (χ2v) is 8.39. The first-order chi connectivity index (χ1) is 14.0. The monoisotopic (exact) mass is 654 g/mol. The maximum Gasteiger partial charge on any atom is 2.00 e. The molecule has 4 rings (SSSR count). The van der Waals surface area contributed by atoms with E-state index in [-0.39, 0.29) is 78.7 Å². The van der Waals surface area contributed by atoms with Gasteiger partial charge in [0.05, 0.1) is 18.5 Å². The average Bonchev–Trinajstić information content (AvgIpc) is 3.17. The molecule has 0 aliphatic carbocycles. The SMILES string of the molecule is Cc1cccc(C[C@H]2N=C(CC3=N[C@H](Cc4cccc(C)c4)C(C)O3)OC2C)c1.[Br-].[Br-].[Pd+2]. The summed E-state index contributed by atoms with van der Waals surface area (Å²) in [5.74, 6) is 1.50. The zero-order valence-electron chi connectivity index (χ0n) is 18.8. The van der Waals surface area contributed by atoms with Crippen molar-refractivity contribution in [1.29, 1.82) is 0 Å². The summed E-state index contributed by atoms with van der Waals surface area (Å²) in [5, 5.41) is 0. The van der Waals surface area contributed by atoms with Crippen LogP contribution in [0.1, 0.15) is 42.5 Å². The van der Waals surface area contributed by atoms with E-state index in [1.54, 1.807) is 0 Å².